The van der Waals surface area contributed by atoms with Crippen molar-refractivity contribution < 1.29 is 0 Å². The van der Waals surface area contributed by atoms with Gasteiger partial charge < -0.3 is 4.90 Å². The lowest BCUT2D eigenvalue weighted by molar-refractivity contribution is 0.794. The summed E-state index contributed by atoms with van der Waals surface area (Å²) in [6, 6.07) is 1.85. The fourth-order valence-electron chi connectivity index (χ4n) is 1.65. The van der Waals surface area contributed by atoms with Crippen molar-refractivity contribution in [3.63, 3.8) is 0 Å². The molecule has 0 aromatic carbocycles. The van der Waals surface area contributed by atoms with Crippen LogP contribution in [0.3, 0.4) is 0 Å². The highest BCUT2D eigenvalue weighted by molar-refractivity contribution is 7.99. The van der Waals surface area contributed by atoms with Crippen molar-refractivity contribution in [1.82, 2.24) is 9.97 Å². The monoisotopic (exact) mass is 243 g/mol. The standard InChI is InChI=1S/C10H14ClN3S/c1-8-12-9(11)7-10(13-8)14-3-2-5-15-6-4-14/h7H,2-6H2,1H3. The molecule has 1 aromatic rings. The molecular formula is C10H14ClN3S. The maximum absolute atomic E-state index is 5.93. The van der Waals surface area contributed by atoms with Crippen molar-refractivity contribution in [2.24, 2.45) is 0 Å². The first-order chi connectivity index (χ1) is 7.25. The minimum Gasteiger partial charge on any atom is -0.356 e. The normalized spacial score (nSPS) is 17.6. The van der Waals surface area contributed by atoms with Gasteiger partial charge in [0.2, 0.25) is 0 Å². The Bertz CT molecular complexity index is 317. The van der Waals surface area contributed by atoms with Crippen LogP contribution in [0, 0.1) is 6.92 Å². The summed E-state index contributed by atoms with van der Waals surface area (Å²) in [5.74, 6) is 4.12. The molecule has 2 rings (SSSR count). The lowest BCUT2D eigenvalue weighted by Gasteiger charge is -2.21. The molecule has 0 N–H and O–H groups in total. The van der Waals surface area contributed by atoms with E-state index < -0.39 is 0 Å². The van der Waals surface area contributed by atoms with Gasteiger partial charge in [0, 0.05) is 24.9 Å². The molecule has 1 aromatic heterocycles. The Balaban J connectivity index is 2.19. The number of hydrogen-bond donors (Lipinski definition) is 0. The molecule has 1 fully saturated rings. The molecule has 5 heteroatoms. The van der Waals surface area contributed by atoms with Crippen molar-refractivity contribution in [3.8, 4) is 0 Å². The zero-order valence-corrected chi connectivity index (χ0v) is 10.3. The molecule has 15 heavy (non-hydrogen) atoms. The zero-order valence-electron chi connectivity index (χ0n) is 8.74. The van der Waals surface area contributed by atoms with Crippen LogP contribution in [0.25, 0.3) is 0 Å². The number of aryl methyl sites for hydroxylation is 1. The maximum atomic E-state index is 5.93. The van der Waals surface area contributed by atoms with E-state index in [1.54, 1.807) is 0 Å². The van der Waals surface area contributed by atoms with E-state index >= 15 is 0 Å². The first-order valence-electron chi connectivity index (χ1n) is 5.09. The first kappa shape index (κ1) is 11.0. The van der Waals surface area contributed by atoms with Crippen molar-refractivity contribution >= 4 is 29.2 Å². The van der Waals surface area contributed by atoms with Crippen LogP contribution >= 0.6 is 23.4 Å². The Morgan fingerprint density at radius 2 is 2.20 bits per heavy atom. The Kier molecular flexibility index (Phi) is 3.70. The molecule has 1 saturated heterocycles. The molecule has 0 atom stereocenters. The molecule has 0 aliphatic carbocycles. The molecule has 1 aliphatic rings. The smallest absolute Gasteiger partial charge is 0.134 e. The van der Waals surface area contributed by atoms with Crippen LogP contribution in [0.4, 0.5) is 5.82 Å². The van der Waals surface area contributed by atoms with Crippen LogP contribution in [0.1, 0.15) is 12.2 Å². The average molecular weight is 244 g/mol. The van der Waals surface area contributed by atoms with Gasteiger partial charge in [-0.25, -0.2) is 9.97 Å². The number of halogens is 1. The van der Waals surface area contributed by atoms with E-state index in [9.17, 15) is 0 Å². The van der Waals surface area contributed by atoms with E-state index in [0.29, 0.717) is 5.15 Å². The Hall–Kier alpha value is -0.480. The number of aromatic nitrogens is 2. The predicted octanol–water partition coefficient (Wildman–Crippen LogP) is 2.38. The number of rotatable bonds is 1. The van der Waals surface area contributed by atoms with Gasteiger partial charge >= 0.3 is 0 Å². The first-order valence-corrected chi connectivity index (χ1v) is 6.63. The van der Waals surface area contributed by atoms with Crippen LogP contribution in [0.2, 0.25) is 5.15 Å². The summed E-state index contributed by atoms with van der Waals surface area (Å²) in [4.78, 5) is 10.8. The van der Waals surface area contributed by atoms with Crippen LogP contribution in [-0.2, 0) is 0 Å². The van der Waals surface area contributed by atoms with Crippen LogP contribution in [-0.4, -0.2) is 34.6 Å². The Morgan fingerprint density at radius 1 is 1.33 bits per heavy atom. The van der Waals surface area contributed by atoms with Crippen LogP contribution in [0.5, 0.6) is 0 Å². The number of nitrogens with zero attached hydrogens (tertiary/aromatic N) is 3. The van der Waals surface area contributed by atoms with Gasteiger partial charge in [-0.15, -0.1) is 0 Å². The fraction of sp³-hybridized carbons (Fsp3) is 0.600. The van der Waals surface area contributed by atoms with Gasteiger partial charge in [-0.05, 0) is 19.1 Å². The highest BCUT2D eigenvalue weighted by Crippen LogP contribution is 2.19. The molecule has 0 radical (unpaired) electrons. The SMILES string of the molecule is Cc1nc(Cl)cc(N2CCCSCC2)n1. The van der Waals surface area contributed by atoms with Gasteiger partial charge in [-0.3, -0.25) is 0 Å². The highest BCUT2D eigenvalue weighted by atomic mass is 35.5. The summed E-state index contributed by atoms with van der Waals surface area (Å²) < 4.78 is 0. The molecule has 0 unspecified atom stereocenters. The summed E-state index contributed by atoms with van der Waals surface area (Å²) in [6.07, 6.45) is 1.21. The van der Waals surface area contributed by atoms with Crippen molar-refractivity contribution in [3.05, 3.63) is 17.0 Å². The van der Waals surface area contributed by atoms with E-state index in [2.05, 4.69) is 14.9 Å². The number of thioether (sulfide) groups is 1. The van der Waals surface area contributed by atoms with Crippen LogP contribution in [0.15, 0.2) is 6.07 Å². The summed E-state index contributed by atoms with van der Waals surface area (Å²) in [7, 11) is 0. The lowest BCUT2D eigenvalue weighted by Crippen LogP contribution is -2.26. The molecule has 82 valence electrons. The topological polar surface area (TPSA) is 29.0 Å². The number of anilines is 1. The zero-order chi connectivity index (χ0) is 10.7. The molecule has 3 nitrogen and oxygen atoms in total. The van der Waals surface area contributed by atoms with E-state index in [0.717, 1.165) is 24.7 Å². The van der Waals surface area contributed by atoms with E-state index in [1.165, 1.54) is 17.9 Å². The predicted molar refractivity (Wildman–Crippen MR) is 65.9 cm³/mol. The summed E-state index contributed by atoms with van der Waals surface area (Å²) >= 11 is 7.93. The largest absolute Gasteiger partial charge is 0.356 e. The third-order valence-corrected chi connectivity index (χ3v) is 3.58. The third-order valence-electron chi connectivity index (χ3n) is 2.34. The molecule has 0 spiro atoms. The Morgan fingerprint density at radius 3 is 3.00 bits per heavy atom. The van der Waals surface area contributed by atoms with Crippen molar-refractivity contribution in [2.45, 2.75) is 13.3 Å². The van der Waals surface area contributed by atoms with Gasteiger partial charge in [0.05, 0.1) is 0 Å². The van der Waals surface area contributed by atoms with E-state index in [-0.39, 0.29) is 0 Å². The minimum atomic E-state index is 0.536. The molecule has 1 aliphatic heterocycles. The van der Waals surface area contributed by atoms with Gasteiger partial charge in [0.15, 0.2) is 0 Å². The summed E-state index contributed by atoms with van der Waals surface area (Å²) in [5, 5.41) is 0.536. The van der Waals surface area contributed by atoms with E-state index in [1.807, 2.05) is 24.8 Å². The van der Waals surface area contributed by atoms with E-state index in [4.69, 9.17) is 11.6 Å². The quantitative estimate of drug-likeness (QED) is 0.709. The highest BCUT2D eigenvalue weighted by Gasteiger charge is 2.12. The van der Waals surface area contributed by atoms with Gasteiger partial charge in [0.25, 0.3) is 0 Å². The molecule has 0 saturated carbocycles. The minimum absolute atomic E-state index is 0.536. The fourth-order valence-corrected chi connectivity index (χ4v) is 2.76. The maximum Gasteiger partial charge on any atom is 0.134 e. The lowest BCUT2D eigenvalue weighted by atomic mass is 10.4. The molecule has 0 amide bonds. The van der Waals surface area contributed by atoms with Gasteiger partial charge in [-0.2, -0.15) is 11.8 Å². The van der Waals surface area contributed by atoms with Crippen molar-refractivity contribution in [2.75, 3.05) is 29.5 Å². The Labute approximate surface area is 99.2 Å². The van der Waals surface area contributed by atoms with Gasteiger partial charge in [-0.1, -0.05) is 11.6 Å². The van der Waals surface area contributed by atoms with Crippen molar-refractivity contribution in [1.29, 1.82) is 0 Å². The third kappa shape index (κ3) is 2.98. The molecule has 0 bridgehead atoms. The van der Waals surface area contributed by atoms with Crippen LogP contribution < -0.4 is 4.90 Å². The molecular weight excluding hydrogens is 230 g/mol. The number of hydrogen-bond acceptors (Lipinski definition) is 4. The summed E-state index contributed by atoms with van der Waals surface area (Å²) in [5.41, 5.74) is 0. The van der Waals surface area contributed by atoms with Gasteiger partial charge in [0.1, 0.15) is 16.8 Å². The summed E-state index contributed by atoms with van der Waals surface area (Å²) in [6.45, 7) is 4.00. The second kappa shape index (κ2) is 5.03. The second-order valence-corrected chi connectivity index (χ2v) is 5.16. The second-order valence-electron chi connectivity index (χ2n) is 3.55. The molecule has 2 heterocycles. The average Bonchev–Trinajstić information content (AvgIpc) is 2.43.